The second-order valence-corrected chi connectivity index (χ2v) is 12.6. The number of halogens is 1. The molecule has 3 aromatic carbocycles. The lowest BCUT2D eigenvalue weighted by Gasteiger charge is -2.34. The van der Waals surface area contributed by atoms with Gasteiger partial charge >= 0.3 is 0 Å². The second-order valence-electron chi connectivity index (χ2n) is 11.0. The first-order valence-electron chi connectivity index (χ1n) is 14.0. The highest BCUT2D eigenvalue weighted by Crippen LogP contribution is 2.42. The third kappa shape index (κ3) is 7.17. The van der Waals surface area contributed by atoms with Crippen LogP contribution in [0.15, 0.2) is 82.6 Å². The van der Waals surface area contributed by atoms with E-state index in [0.717, 1.165) is 59.6 Å². The molecule has 40 heavy (non-hydrogen) atoms. The molecule has 2 aliphatic heterocycles. The van der Waals surface area contributed by atoms with Crippen molar-refractivity contribution < 1.29 is 9.59 Å². The molecule has 7 heteroatoms. The molecular weight excluding hydrogens is 538 g/mol. The number of nitrogens with zero attached hydrogens (tertiary/aromatic N) is 2. The average molecular weight is 574 g/mol. The smallest absolute Gasteiger partial charge is 0.265 e. The summed E-state index contributed by atoms with van der Waals surface area (Å²) in [6.07, 6.45) is 4.15. The molecule has 0 aromatic heterocycles. The average Bonchev–Trinajstić information content (AvgIpc) is 2.93. The van der Waals surface area contributed by atoms with E-state index < -0.39 is 0 Å². The van der Waals surface area contributed by atoms with E-state index in [1.54, 1.807) is 4.90 Å². The molecular formula is C33H36ClN3O2S. The lowest BCUT2D eigenvalue weighted by atomic mass is 9.92. The first-order chi connectivity index (χ1) is 19.4. The van der Waals surface area contributed by atoms with Crippen LogP contribution in [-0.2, 0) is 11.3 Å². The minimum atomic E-state index is -0.0654. The Kier molecular flexibility index (Phi) is 9.30. The van der Waals surface area contributed by atoms with E-state index in [9.17, 15) is 9.59 Å². The first kappa shape index (κ1) is 28.5. The predicted octanol–water partition coefficient (Wildman–Crippen LogP) is 7.12. The summed E-state index contributed by atoms with van der Waals surface area (Å²) in [6.45, 7) is 9.07. The Morgan fingerprint density at radius 2 is 1.77 bits per heavy atom. The number of piperidine rings is 1. The summed E-state index contributed by atoms with van der Waals surface area (Å²) in [5, 5.41) is 3.71. The van der Waals surface area contributed by atoms with Crippen LogP contribution in [0.25, 0.3) is 6.08 Å². The first-order valence-corrected chi connectivity index (χ1v) is 15.2. The van der Waals surface area contributed by atoms with Crippen LogP contribution < -0.4 is 10.2 Å². The number of rotatable bonds is 8. The van der Waals surface area contributed by atoms with E-state index in [1.165, 1.54) is 18.2 Å². The van der Waals surface area contributed by atoms with Gasteiger partial charge < -0.3 is 15.1 Å². The maximum absolute atomic E-state index is 13.6. The van der Waals surface area contributed by atoms with Gasteiger partial charge in [-0.05, 0) is 84.8 Å². The summed E-state index contributed by atoms with van der Waals surface area (Å²) in [5.74, 6) is 1.37. The number of carbonyl (C=O) groups is 2. The fourth-order valence-electron chi connectivity index (χ4n) is 5.70. The number of anilines is 1. The fraction of sp³-hybridized carbons (Fsp3) is 0.333. The third-order valence-electron chi connectivity index (χ3n) is 7.41. The van der Waals surface area contributed by atoms with Crippen molar-refractivity contribution in [1.82, 2.24) is 10.2 Å². The van der Waals surface area contributed by atoms with E-state index >= 15 is 0 Å². The summed E-state index contributed by atoms with van der Waals surface area (Å²) in [5.41, 5.74) is 3.36. The van der Waals surface area contributed by atoms with Gasteiger partial charge in [0.1, 0.15) is 0 Å². The molecule has 0 bridgehead atoms. The van der Waals surface area contributed by atoms with Crippen molar-refractivity contribution >= 4 is 46.9 Å². The lowest BCUT2D eigenvalue weighted by molar-refractivity contribution is -0.114. The molecule has 208 valence electrons. The van der Waals surface area contributed by atoms with Crippen molar-refractivity contribution in [3.05, 3.63) is 99.4 Å². The van der Waals surface area contributed by atoms with E-state index in [1.807, 2.05) is 78.9 Å². The number of hydrogen-bond donors (Lipinski definition) is 1. The van der Waals surface area contributed by atoms with E-state index in [-0.39, 0.29) is 11.8 Å². The Bertz CT molecular complexity index is 1380. The predicted molar refractivity (Wildman–Crippen MR) is 166 cm³/mol. The van der Waals surface area contributed by atoms with Gasteiger partial charge in [0, 0.05) is 35.1 Å². The van der Waals surface area contributed by atoms with Gasteiger partial charge in [0.15, 0.2) is 0 Å². The van der Waals surface area contributed by atoms with E-state index in [4.69, 9.17) is 11.6 Å². The quantitative estimate of drug-likeness (QED) is 0.230. The van der Waals surface area contributed by atoms with Crippen molar-refractivity contribution in [3.63, 3.8) is 0 Å². The Hall–Kier alpha value is -3.06. The van der Waals surface area contributed by atoms with Gasteiger partial charge in [0.2, 0.25) is 0 Å². The molecule has 2 amide bonds. The van der Waals surface area contributed by atoms with Crippen LogP contribution in [0.5, 0.6) is 0 Å². The standard InChI is InChI=1S/C33H36ClN3O2S/c1-23-17-24(2)21-36(20-23)16-6-15-35-32(38)27-13-11-25(12-14-27)19-31-33(39)37(22-26-7-5-8-28(34)18-26)29-9-3-4-10-30(29)40-31/h3-5,7-14,18-19,23-24H,6,15-17,20-22H2,1-2H3,(H,35,38)/b31-19+/t23-,24+. The molecule has 1 N–H and O–H groups in total. The normalized spacial score (nSPS) is 20.4. The monoisotopic (exact) mass is 573 g/mol. The van der Waals surface area contributed by atoms with Crippen LogP contribution in [0.2, 0.25) is 5.02 Å². The number of para-hydroxylation sites is 1. The molecule has 0 aliphatic carbocycles. The second kappa shape index (κ2) is 13.1. The number of thioether (sulfide) groups is 1. The lowest BCUT2D eigenvalue weighted by Crippen LogP contribution is -2.40. The van der Waals surface area contributed by atoms with Gasteiger partial charge in [0.05, 0.1) is 17.1 Å². The zero-order valence-corrected chi connectivity index (χ0v) is 24.7. The van der Waals surface area contributed by atoms with Gasteiger partial charge in [-0.1, -0.05) is 73.6 Å². The number of fused-ring (bicyclic) bond motifs is 1. The van der Waals surface area contributed by atoms with Crippen LogP contribution in [0.4, 0.5) is 5.69 Å². The topological polar surface area (TPSA) is 52.7 Å². The minimum absolute atomic E-state index is 0.0528. The molecule has 5 rings (SSSR count). The molecule has 0 unspecified atom stereocenters. The highest BCUT2D eigenvalue weighted by atomic mass is 35.5. The van der Waals surface area contributed by atoms with Crippen LogP contribution in [0.3, 0.4) is 0 Å². The molecule has 3 aromatic rings. The molecule has 1 saturated heterocycles. The van der Waals surface area contributed by atoms with Gasteiger partial charge in [-0.2, -0.15) is 0 Å². The number of nitrogens with one attached hydrogen (secondary N) is 1. The Morgan fingerprint density at radius 1 is 1.02 bits per heavy atom. The molecule has 2 heterocycles. The highest BCUT2D eigenvalue weighted by molar-refractivity contribution is 8.04. The Labute approximate surface area is 246 Å². The largest absolute Gasteiger partial charge is 0.352 e. The molecule has 2 aliphatic rings. The highest BCUT2D eigenvalue weighted by Gasteiger charge is 2.29. The van der Waals surface area contributed by atoms with Crippen LogP contribution in [0.1, 0.15) is 48.2 Å². The summed E-state index contributed by atoms with van der Waals surface area (Å²) < 4.78 is 0. The maximum atomic E-state index is 13.6. The zero-order valence-electron chi connectivity index (χ0n) is 23.1. The fourth-order valence-corrected chi connectivity index (χ4v) is 6.97. The molecule has 1 fully saturated rings. The minimum Gasteiger partial charge on any atom is -0.352 e. The molecule has 0 saturated carbocycles. The summed E-state index contributed by atoms with van der Waals surface area (Å²) in [4.78, 5) is 32.3. The van der Waals surface area contributed by atoms with Crippen molar-refractivity contribution in [2.75, 3.05) is 31.1 Å². The summed E-state index contributed by atoms with van der Waals surface area (Å²) in [7, 11) is 0. The summed E-state index contributed by atoms with van der Waals surface area (Å²) in [6, 6.07) is 23.0. The molecule has 5 nitrogen and oxygen atoms in total. The van der Waals surface area contributed by atoms with E-state index in [0.29, 0.717) is 28.6 Å². The molecule has 0 spiro atoms. The number of hydrogen-bond acceptors (Lipinski definition) is 4. The van der Waals surface area contributed by atoms with Crippen LogP contribution in [0, 0.1) is 11.8 Å². The van der Waals surface area contributed by atoms with Gasteiger partial charge in [0.25, 0.3) is 11.8 Å². The Morgan fingerprint density at radius 3 is 2.52 bits per heavy atom. The van der Waals surface area contributed by atoms with Gasteiger partial charge in [-0.25, -0.2) is 0 Å². The molecule has 0 radical (unpaired) electrons. The third-order valence-corrected chi connectivity index (χ3v) is 8.73. The van der Waals surface area contributed by atoms with E-state index in [2.05, 4.69) is 24.1 Å². The zero-order chi connectivity index (χ0) is 28.1. The Balaban J connectivity index is 1.21. The maximum Gasteiger partial charge on any atom is 0.265 e. The number of carbonyl (C=O) groups excluding carboxylic acids is 2. The van der Waals surface area contributed by atoms with Crippen molar-refractivity contribution in [3.8, 4) is 0 Å². The van der Waals surface area contributed by atoms with Crippen molar-refractivity contribution in [2.24, 2.45) is 11.8 Å². The summed E-state index contributed by atoms with van der Waals surface area (Å²) >= 11 is 7.67. The number of amides is 2. The van der Waals surface area contributed by atoms with Crippen LogP contribution >= 0.6 is 23.4 Å². The number of likely N-dealkylation sites (tertiary alicyclic amines) is 1. The number of benzene rings is 3. The SMILES string of the molecule is C[C@@H]1C[C@H](C)CN(CCCNC(=O)c2ccc(/C=C3/Sc4ccccc4N(Cc4cccc(Cl)c4)C3=O)cc2)C1. The molecule has 2 atom stereocenters. The van der Waals surface area contributed by atoms with Gasteiger partial charge in [-0.3, -0.25) is 9.59 Å². The van der Waals surface area contributed by atoms with Gasteiger partial charge in [-0.15, -0.1) is 0 Å². The van der Waals surface area contributed by atoms with Crippen LogP contribution in [-0.4, -0.2) is 42.9 Å². The van der Waals surface area contributed by atoms with Crippen molar-refractivity contribution in [1.29, 1.82) is 0 Å². The van der Waals surface area contributed by atoms with Crippen molar-refractivity contribution in [2.45, 2.75) is 38.1 Å².